The highest BCUT2D eigenvalue weighted by Gasteiger charge is 2.34. The Morgan fingerprint density at radius 1 is 1.32 bits per heavy atom. The molecule has 0 aliphatic heterocycles. The highest BCUT2D eigenvalue weighted by atomic mass is 19.4. The molecule has 19 heavy (non-hydrogen) atoms. The van der Waals surface area contributed by atoms with Crippen LogP contribution < -0.4 is 5.32 Å². The first kappa shape index (κ1) is 14.3. The molecule has 0 amide bonds. The number of hydrogen-bond acceptors (Lipinski definition) is 1. The number of alkyl halides is 3. The second-order valence-corrected chi connectivity index (χ2v) is 4.96. The Labute approximate surface area is 110 Å². The molecule has 0 saturated heterocycles. The number of rotatable bonds is 4. The molecule has 1 atom stereocenters. The van der Waals surface area contributed by atoms with Crippen molar-refractivity contribution >= 4 is 0 Å². The largest absolute Gasteiger partial charge is 0.416 e. The van der Waals surface area contributed by atoms with Crippen molar-refractivity contribution in [3.63, 3.8) is 0 Å². The van der Waals surface area contributed by atoms with E-state index in [1.54, 1.807) is 0 Å². The lowest BCUT2D eigenvalue weighted by Crippen LogP contribution is -2.33. The van der Waals surface area contributed by atoms with Gasteiger partial charge in [0.1, 0.15) is 5.82 Å². The van der Waals surface area contributed by atoms with Gasteiger partial charge in [-0.3, -0.25) is 0 Å². The fourth-order valence-electron chi connectivity index (χ4n) is 2.48. The third-order valence-corrected chi connectivity index (χ3v) is 3.70. The molecule has 1 fully saturated rings. The Balaban J connectivity index is 2.34. The van der Waals surface area contributed by atoms with E-state index >= 15 is 0 Å². The molecule has 1 aromatic rings. The molecule has 0 radical (unpaired) electrons. The summed E-state index contributed by atoms with van der Waals surface area (Å²) in [5.74, 6) is -0.330. The van der Waals surface area contributed by atoms with Crippen LogP contribution in [0.15, 0.2) is 18.2 Å². The van der Waals surface area contributed by atoms with E-state index in [4.69, 9.17) is 0 Å². The van der Waals surface area contributed by atoms with E-state index < -0.39 is 17.6 Å². The van der Waals surface area contributed by atoms with Gasteiger partial charge >= 0.3 is 6.18 Å². The van der Waals surface area contributed by atoms with Crippen molar-refractivity contribution in [3.8, 4) is 0 Å². The minimum absolute atomic E-state index is 0.140. The Hall–Kier alpha value is -1.10. The first-order valence-electron chi connectivity index (χ1n) is 6.53. The molecular weight excluding hydrogens is 258 g/mol. The third kappa shape index (κ3) is 3.08. The van der Waals surface area contributed by atoms with Crippen LogP contribution in [0.5, 0.6) is 0 Å². The molecule has 1 aliphatic carbocycles. The Bertz CT molecular complexity index is 438. The molecule has 0 aromatic heterocycles. The van der Waals surface area contributed by atoms with Gasteiger partial charge in [-0.2, -0.15) is 13.2 Å². The topological polar surface area (TPSA) is 12.0 Å². The number of halogens is 4. The van der Waals surface area contributed by atoms with Crippen LogP contribution >= 0.6 is 0 Å². The quantitative estimate of drug-likeness (QED) is 0.808. The first-order valence-corrected chi connectivity index (χ1v) is 6.53. The van der Waals surface area contributed by atoms with Gasteiger partial charge in [0.05, 0.1) is 5.56 Å². The predicted octanol–water partition coefficient (Wildman–Crippen LogP) is 4.30. The smallest absolute Gasteiger partial charge is 0.310 e. The van der Waals surface area contributed by atoms with Gasteiger partial charge in [-0.1, -0.05) is 13.3 Å². The predicted molar refractivity (Wildman–Crippen MR) is 65.2 cm³/mol. The standard InChI is InChI=1S/C14H17F4N/c1-2-19-13(9-4-3-5-9)11-8-10(14(16,17)18)6-7-12(11)15/h6-9,13,19H,2-5H2,1H3. The lowest BCUT2D eigenvalue weighted by atomic mass is 9.77. The van der Waals surface area contributed by atoms with E-state index in [0.717, 1.165) is 37.5 Å². The normalized spacial score (nSPS) is 18.2. The first-order chi connectivity index (χ1) is 8.93. The summed E-state index contributed by atoms with van der Waals surface area (Å²) in [4.78, 5) is 0. The number of hydrogen-bond donors (Lipinski definition) is 1. The van der Waals surface area contributed by atoms with Crippen LogP contribution in [0.25, 0.3) is 0 Å². The fourth-order valence-corrected chi connectivity index (χ4v) is 2.48. The second kappa shape index (κ2) is 5.49. The summed E-state index contributed by atoms with van der Waals surface area (Å²) < 4.78 is 52.0. The van der Waals surface area contributed by atoms with Gasteiger partial charge < -0.3 is 5.32 Å². The van der Waals surface area contributed by atoms with Crippen molar-refractivity contribution in [2.75, 3.05) is 6.54 Å². The molecule has 5 heteroatoms. The van der Waals surface area contributed by atoms with Crippen LogP contribution in [0.1, 0.15) is 43.4 Å². The van der Waals surface area contributed by atoms with E-state index in [1.165, 1.54) is 0 Å². The molecule has 0 heterocycles. The summed E-state index contributed by atoms with van der Waals surface area (Å²) >= 11 is 0. The SMILES string of the molecule is CCNC(c1cc(C(F)(F)F)ccc1F)C1CCC1. The highest BCUT2D eigenvalue weighted by molar-refractivity contribution is 5.30. The fraction of sp³-hybridized carbons (Fsp3) is 0.571. The van der Waals surface area contributed by atoms with Crippen molar-refractivity contribution in [2.45, 2.75) is 38.4 Å². The maximum atomic E-state index is 13.8. The molecule has 1 saturated carbocycles. The maximum Gasteiger partial charge on any atom is 0.416 e. The zero-order valence-electron chi connectivity index (χ0n) is 10.7. The van der Waals surface area contributed by atoms with Crippen molar-refractivity contribution < 1.29 is 17.6 Å². The summed E-state index contributed by atoms with van der Waals surface area (Å²) in [5.41, 5.74) is -0.646. The second-order valence-electron chi connectivity index (χ2n) is 4.96. The van der Waals surface area contributed by atoms with Crippen molar-refractivity contribution in [1.82, 2.24) is 5.32 Å². The van der Waals surface area contributed by atoms with Crippen LogP contribution in [-0.4, -0.2) is 6.54 Å². The van der Waals surface area contributed by atoms with E-state index in [2.05, 4.69) is 5.32 Å². The Morgan fingerprint density at radius 3 is 2.47 bits per heavy atom. The molecule has 1 nitrogen and oxygen atoms in total. The average Bonchev–Trinajstić information content (AvgIpc) is 2.25. The van der Waals surface area contributed by atoms with Gasteiger partial charge in [0.25, 0.3) is 0 Å². The van der Waals surface area contributed by atoms with E-state index in [-0.39, 0.29) is 17.5 Å². The van der Waals surface area contributed by atoms with E-state index in [0.29, 0.717) is 6.54 Å². The molecular formula is C14H17F4N. The van der Waals surface area contributed by atoms with Gasteiger partial charge in [-0.05, 0) is 43.5 Å². The van der Waals surface area contributed by atoms with Gasteiger partial charge in [0, 0.05) is 11.6 Å². The molecule has 0 bridgehead atoms. The molecule has 2 rings (SSSR count). The third-order valence-electron chi connectivity index (χ3n) is 3.70. The monoisotopic (exact) mass is 275 g/mol. The minimum Gasteiger partial charge on any atom is -0.310 e. The molecule has 1 aromatic carbocycles. The maximum absolute atomic E-state index is 13.8. The summed E-state index contributed by atoms with van der Waals surface area (Å²) in [5, 5.41) is 3.11. The van der Waals surface area contributed by atoms with Crippen LogP contribution in [0.2, 0.25) is 0 Å². The van der Waals surface area contributed by atoms with Gasteiger partial charge in [0.2, 0.25) is 0 Å². The molecule has 1 unspecified atom stereocenters. The minimum atomic E-state index is -4.43. The Morgan fingerprint density at radius 2 is 2.00 bits per heavy atom. The molecule has 1 N–H and O–H groups in total. The summed E-state index contributed by atoms with van der Waals surface area (Å²) in [6.45, 7) is 2.48. The van der Waals surface area contributed by atoms with Crippen LogP contribution in [0.3, 0.4) is 0 Å². The van der Waals surface area contributed by atoms with E-state index in [9.17, 15) is 17.6 Å². The summed E-state index contributed by atoms with van der Waals surface area (Å²) in [7, 11) is 0. The number of nitrogens with one attached hydrogen (secondary N) is 1. The van der Waals surface area contributed by atoms with Crippen molar-refractivity contribution in [2.24, 2.45) is 5.92 Å². The molecule has 106 valence electrons. The molecule has 0 spiro atoms. The van der Waals surface area contributed by atoms with E-state index in [1.807, 2.05) is 6.92 Å². The average molecular weight is 275 g/mol. The zero-order valence-corrected chi connectivity index (χ0v) is 10.7. The summed E-state index contributed by atoms with van der Waals surface area (Å²) in [6.07, 6.45) is -1.49. The number of benzene rings is 1. The van der Waals surface area contributed by atoms with Gasteiger partial charge in [0.15, 0.2) is 0 Å². The van der Waals surface area contributed by atoms with Gasteiger partial charge in [-0.15, -0.1) is 0 Å². The van der Waals surface area contributed by atoms with Crippen LogP contribution in [0.4, 0.5) is 17.6 Å². The van der Waals surface area contributed by atoms with Crippen LogP contribution in [0, 0.1) is 11.7 Å². The highest BCUT2D eigenvalue weighted by Crippen LogP contribution is 2.40. The van der Waals surface area contributed by atoms with Crippen molar-refractivity contribution in [3.05, 3.63) is 35.1 Å². The Kier molecular flexibility index (Phi) is 4.13. The van der Waals surface area contributed by atoms with Crippen LogP contribution in [-0.2, 0) is 6.18 Å². The van der Waals surface area contributed by atoms with Crippen molar-refractivity contribution in [1.29, 1.82) is 0 Å². The lowest BCUT2D eigenvalue weighted by molar-refractivity contribution is -0.137. The van der Waals surface area contributed by atoms with Gasteiger partial charge in [-0.25, -0.2) is 4.39 Å². The molecule has 1 aliphatic rings. The summed E-state index contributed by atoms with van der Waals surface area (Å²) in [6, 6.07) is 2.34. The lowest BCUT2D eigenvalue weighted by Gasteiger charge is -2.35. The zero-order chi connectivity index (χ0) is 14.0.